The standard InChI is InChI=1S/C15H28O2/c1-13(2,16)11-6-9-14(3)7-5-8-15(4,17)12(14)10-11/h11-12,16-17H,5-10H2,1-4H3/t11-,12?,14-,15+/m1/s1. The fourth-order valence-corrected chi connectivity index (χ4v) is 4.33. The summed E-state index contributed by atoms with van der Waals surface area (Å²) >= 11 is 0. The van der Waals surface area contributed by atoms with Crippen LogP contribution in [-0.4, -0.2) is 21.4 Å². The zero-order chi connectivity index (χ0) is 12.9. The molecular formula is C15H28O2. The zero-order valence-corrected chi connectivity index (χ0v) is 11.8. The Bertz CT molecular complexity index is 290. The lowest BCUT2D eigenvalue weighted by atomic mass is 9.52. The smallest absolute Gasteiger partial charge is 0.0653 e. The lowest BCUT2D eigenvalue weighted by Crippen LogP contribution is -2.53. The predicted octanol–water partition coefficient (Wildman–Crippen LogP) is 3.11. The maximum Gasteiger partial charge on any atom is 0.0653 e. The molecule has 0 aliphatic heterocycles. The van der Waals surface area contributed by atoms with Crippen molar-refractivity contribution in [3.8, 4) is 0 Å². The van der Waals surface area contributed by atoms with Gasteiger partial charge >= 0.3 is 0 Å². The fraction of sp³-hybridized carbons (Fsp3) is 1.00. The normalized spacial score (nSPS) is 47.6. The van der Waals surface area contributed by atoms with Crippen LogP contribution in [-0.2, 0) is 0 Å². The van der Waals surface area contributed by atoms with E-state index in [9.17, 15) is 10.2 Å². The van der Waals surface area contributed by atoms with Crippen molar-refractivity contribution in [2.24, 2.45) is 17.3 Å². The Morgan fingerprint density at radius 1 is 1.12 bits per heavy atom. The second-order valence-electron chi connectivity index (χ2n) is 7.54. The van der Waals surface area contributed by atoms with Gasteiger partial charge in [0.15, 0.2) is 0 Å². The van der Waals surface area contributed by atoms with Crippen LogP contribution in [0, 0.1) is 17.3 Å². The van der Waals surface area contributed by atoms with E-state index < -0.39 is 11.2 Å². The molecule has 0 saturated heterocycles. The van der Waals surface area contributed by atoms with Gasteiger partial charge in [-0.25, -0.2) is 0 Å². The maximum absolute atomic E-state index is 10.6. The molecule has 0 aromatic rings. The van der Waals surface area contributed by atoms with Crippen LogP contribution < -0.4 is 0 Å². The summed E-state index contributed by atoms with van der Waals surface area (Å²) in [5.74, 6) is 0.694. The molecule has 2 rings (SSSR count). The van der Waals surface area contributed by atoms with E-state index in [4.69, 9.17) is 0 Å². The first kappa shape index (κ1) is 13.4. The second kappa shape index (κ2) is 3.96. The van der Waals surface area contributed by atoms with E-state index in [1.807, 2.05) is 20.8 Å². The van der Waals surface area contributed by atoms with Gasteiger partial charge in [0.25, 0.3) is 0 Å². The van der Waals surface area contributed by atoms with Crippen LogP contribution in [0.1, 0.15) is 66.2 Å². The minimum atomic E-state index is -0.602. The van der Waals surface area contributed by atoms with Crippen LogP contribution in [0.3, 0.4) is 0 Å². The zero-order valence-electron chi connectivity index (χ0n) is 11.8. The SMILES string of the molecule is CC(C)(O)[C@@H]1CC[C@@]2(C)CCC[C@](C)(O)C2C1. The summed E-state index contributed by atoms with van der Waals surface area (Å²) in [7, 11) is 0. The van der Waals surface area contributed by atoms with Gasteiger partial charge in [0.05, 0.1) is 11.2 Å². The predicted molar refractivity (Wildman–Crippen MR) is 69.7 cm³/mol. The van der Waals surface area contributed by atoms with Crippen LogP contribution in [0.2, 0.25) is 0 Å². The van der Waals surface area contributed by atoms with Gasteiger partial charge in [-0.05, 0) is 70.1 Å². The third-order valence-electron chi connectivity index (χ3n) is 5.61. The van der Waals surface area contributed by atoms with E-state index in [0.717, 1.165) is 32.1 Å². The molecular weight excluding hydrogens is 212 g/mol. The highest BCUT2D eigenvalue weighted by Crippen LogP contribution is 2.56. The third kappa shape index (κ3) is 2.39. The van der Waals surface area contributed by atoms with Gasteiger partial charge in [-0.1, -0.05) is 13.3 Å². The molecule has 17 heavy (non-hydrogen) atoms. The molecule has 2 aliphatic carbocycles. The number of rotatable bonds is 1. The Hall–Kier alpha value is -0.0800. The first-order valence-electron chi connectivity index (χ1n) is 7.10. The quantitative estimate of drug-likeness (QED) is 0.739. The Morgan fingerprint density at radius 3 is 2.35 bits per heavy atom. The lowest BCUT2D eigenvalue weighted by molar-refractivity contribution is -0.143. The van der Waals surface area contributed by atoms with Gasteiger partial charge in [-0.3, -0.25) is 0 Å². The van der Waals surface area contributed by atoms with Crippen LogP contribution in [0.15, 0.2) is 0 Å². The van der Waals surface area contributed by atoms with E-state index in [1.165, 1.54) is 6.42 Å². The molecule has 0 bridgehead atoms. The van der Waals surface area contributed by atoms with Gasteiger partial charge in [0, 0.05) is 0 Å². The molecule has 4 atom stereocenters. The van der Waals surface area contributed by atoms with Crippen molar-refractivity contribution in [3.63, 3.8) is 0 Å². The summed E-state index contributed by atoms with van der Waals surface area (Å²) in [6.45, 7) is 8.17. The number of hydrogen-bond donors (Lipinski definition) is 2. The third-order valence-corrected chi connectivity index (χ3v) is 5.61. The first-order valence-corrected chi connectivity index (χ1v) is 7.10. The van der Waals surface area contributed by atoms with E-state index in [2.05, 4.69) is 6.92 Å². The van der Waals surface area contributed by atoms with Crippen LogP contribution in [0.4, 0.5) is 0 Å². The molecule has 0 spiro atoms. The molecule has 2 heteroatoms. The van der Waals surface area contributed by atoms with E-state index in [1.54, 1.807) is 0 Å². The van der Waals surface area contributed by atoms with E-state index in [0.29, 0.717) is 17.3 Å². The molecule has 0 aromatic carbocycles. The molecule has 0 aromatic heterocycles. The first-order chi connectivity index (χ1) is 7.65. The molecule has 2 nitrogen and oxygen atoms in total. The van der Waals surface area contributed by atoms with Crippen LogP contribution >= 0.6 is 0 Å². The van der Waals surface area contributed by atoms with Crippen molar-refractivity contribution in [1.82, 2.24) is 0 Å². The minimum absolute atomic E-state index is 0.295. The minimum Gasteiger partial charge on any atom is -0.390 e. The van der Waals surface area contributed by atoms with Crippen molar-refractivity contribution in [3.05, 3.63) is 0 Å². The Morgan fingerprint density at radius 2 is 1.76 bits per heavy atom. The fourth-order valence-electron chi connectivity index (χ4n) is 4.33. The molecule has 100 valence electrons. The van der Waals surface area contributed by atoms with Gasteiger partial charge < -0.3 is 10.2 Å². The molecule has 2 saturated carbocycles. The largest absolute Gasteiger partial charge is 0.390 e. The summed E-state index contributed by atoms with van der Waals surface area (Å²) in [4.78, 5) is 0. The average molecular weight is 240 g/mol. The topological polar surface area (TPSA) is 40.5 Å². The molecule has 1 unspecified atom stereocenters. The van der Waals surface area contributed by atoms with Gasteiger partial charge in [-0.15, -0.1) is 0 Å². The highest BCUT2D eigenvalue weighted by Gasteiger charge is 2.52. The van der Waals surface area contributed by atoms with E-state index in [-0.39, 0.29) is 0 Å². The average Bonchev–Trinajstić information content (AvgIpc) is 2.14. The summed E-state index contributed by atoms with van der Waals surface area (Å²) in [5.41, 5.74) is -0.838. The maximum atomic E-state index is 10.6. The summed E-state index contributed by atoms with van der Waals surface area (Å²) in [6, 6.07) is 0. The molecule has 0 amide bonds. The molecule has 0 heterocycles. The van der Waals surface area contributed by atoms with Crippen molar-refractivity contribution in [2.45, 2.75) is 77.4 Å². The Kier molecular flexibility index (Phi) is 3.11. The Balaban J connectivity index is 2.20. The van der Waals surface area contributed by atoms with E-state index >= 15 is 0 Å². The molecule has 0 radical (unpaired) electrons. The van der Waals surface area contributed by atoms with Crippen molar-refractivity contribution < 1.29 is 10.2 Å². The second-order valence-corrected chi connectivity index (χ2v) is 7.54. The van der Waals surface area contributed by atoms with Crippen LogP contribution in [0.25, 0.3) is 0 Å². The highest BCUT2D eigenvalue weighted by molar-refractivity contribution is 5.03. The van der Waals surface area contributed by atoms with Gasteiger partial charge in [0.2, 0.25) is 0 Å². The summed E-state index contributed by atoms with van der Waals surface area (Å²) < 4.78 is 0. The van der Waals surface area contributed by atoms with Crippen molar-refractivity contribution in [2.75, 3.05) is 0 Å². The molecule has 2 aliphatic rings. The Labute approximate surface area is 105 Å². The monoisotopic (exact) mass is 240 g/mol. The number of fused-ring (bicyclic) bond motifs is 1. The highest BCUT2D eigenvalue weighted by atomic mass is 16.3. The molecule has 2 fully saturated rings. The lowest BCUT2D eigenvalue weighted by Gasteiger charge is -2.55. The van der Waals surface area contributed by atoms with Crippen molar-refractivity contribution in [1.29, 1.82) is 0 Å². The van der Waals surface area contributed by atoms with Crippen LogP contribution in [0.5, 0.6) is 0 Å². The van der Waals surface area contributed by atoms with Gasteiger partial charge in [0.1, 0.15) is 0 Å². The van der Waals surface area contributed by atoms with Crippen molar-refractivity contribution >= 4 is 0 Å². The summed E-state index contributed by atoms with van der Waals surface area (Å²) in [5, 5.41) is 20.8. The number of hydrogen-bond acceptors (Lipinski definition) is 2. The number of aliphatic hydroxyl groups is 2. The van der Waals surface area contributed by atoms with Gasteiger partial charge in [-0.2, -0.15) is 0 Å². The summed E-state index contributed by atoms with van der Waals surface area (Å²) in [6.07, 6.45) is 6.55. The molecule has 2 N–H and O–H groups in total.